The van der Waals surface area contributed by atoms with Crippen LogP contribution in [0.25, 0.3) is 0 Å². The maximum atomic E-state index is 4.52. The number of hydrogen-bond acceptors (Lipinski definition) is 4. The zero-order valence-electron chi connectivity index (χ0n) is 11.0. The average molecular weight is 234 g/mol. The van der Waals surface area contributed by atoms with E-state index in [4.69, 9.17) is 0 Å². The Bertz CT molecular complexity index is 358. The standard InChI is InChI=1S/C13H22N4/c1-10(2)17(9-12-5-4-7-14-12)13-15-8-6-11(3)16-13/h6,8,10,12,14H,4-5,7,9H2,1-3H3. The number of aromatic nitrogens is 2. The van der Waals surface area contributed by atoms with Gasteiger partial charge in [-0.15, -0.1) is 0 Å². The first-order chi connectivity index (χ1) is 8.16. The maximum Gasteiger partial charge on any atom is 0.225 e. The predicted molar refractivity (Wildman–Crippen MR) is 70.3 cm³/mol. The third-order valence-corrected chi connectivity index (χ3v) is 3.24. The Balaban J connectivity index is 2.10. The quantitative estimate of drug-likeness (QED) is 0.861. The molecule has 0 spiro atoms. The molecule has 2 rings (SSSR count). The van der Waals surface area contributed by atoms with Crippen molar-refractivity contribution >= 4 is 5.95 Å². The second-order valence-electron chi connectivity index (χ2n) is 5.04. The van der Waals surface area contributed by atoms with Crippen LogP contribution in [0.15, 0.2) is 12.3 Å². The lowest BCUT2D eigenvalue weighted by molar-refractivity contribution is 0.544. The molecule has 0 amide bonds. The Labute approximate surface area is 103 Å². The van der Waals surface area contributed by atoms with Gasteiger partial charge in [0.05, 0.1) is 0 Å². The van der Waals surface area contributed by atoms with Gasteiger partial charge in [-0.1, -0.05) is 0 Å². The van der Waals surface area contributed by atoms with Gasteiger partial charge in [-0.25, -0.2) is 9.97 Å². The van der Waals surface area contributed by atoms with Crippen molar-refractivity contribution in [3.63, 3.8) is 0 Å². The molecular formula is C13H22N4. The van der Waals surface area contributed by atoms with Crippen LogP contribution in [-0.4, -0.2) is 35.1 Å². The van der Waals surface area contributed by atoms with E-state index >= 15 is 0 Å². The van der Waals surface area contributed by atoms with Crippen molar-refractivity contribution in [2.45, 2.75) is 45.7 Å². The van der Waals surface area contributed by atoms with Gasteiger partial charge in [0.25, 0.3) is 0 Å². The van der Waals surface area contributed by atoms with Crippen LogP contribution in [0.5, 0.6) is 0 Å². The molecule has 0 aromatic carbocycles. The van der Waals surface area contributed by atoms with Gasteiger partial charge < -0.3 is 10.2 Å². The molecule has 1 atom stereocenters. The van der Waals surface area contributed by atoms with E-state index in [-0.39, 0.29) is 0 Å². The first-order valence-electron chi connectivity index (χ1n) is 6.46. The average Bonchev–Trinajstić information content (AvgIpc) is 2.78. The summed E-state index contributed by atoms with van der Waals surface area (Å²) in [6.07, 6.45) is 4.38. The molecule has 1 N–H and O–H groups in total. The van der Waals surface area contributed by atoms with Crippen molar-refractivity contribution in [1.29, 1.82) is 0 Å². The smallest absolute Gasteiger partial charge is 0.225 e. The first kappa shape index (κ1) is 12.3. The van der Waals surface area contributed by atoms with Crippen LogP contribution in [0.4, 0.5) is 5.95 Å². The molecule has 17 heavy (non-hydrogen) atoms. The minimum Gasteiger partial charge on any atom is -0.337 e. The zero-order valence-corrected chi connectivity index (χ0v) is 11.0. The molecule has 4 heteroatoms. The van der Waals surface area contributed by atoms with Gasteiger partial charge in [-0.05, 0) is 46.2 Å². The summed E-state index contributed by atoms with van der Waals surface area (Å²) in [4.78, 5) is 11.2. The van der Waals surface area contributed by atoms with Crippen LogP contribution < -0.4 is 10.2 Å². The molecule has 0 bridgehead atoms. The van der Waals surface area contributed by atoms with E-state index in [1.165, 1.54) is 12.8 Å². The monoisotopic (exact) mass is 234 g/mol. The number of nitrogens with zero attached hydrogens (tertiary/aromatic N) is 3. The lowest BCUT2D eigenvalue weighted by Crippen LogP contribution is -2.42. The molecule has 94 valence electrons. The Morgan fingerprint density at radius 1 is 1.53 bits per heavy atom. The van der Waals surface area contributed by atoms with Crippen molar-refractivity contribution in [1.82, 2.24) is 15.3 Å². The van der Waals surface area contributed by atoms with Crippen LogP contribution in [0, 0.1) is 6.92 Å². The van der Waals surface area contributed by atoms with Gasteiger partial charge in [0.2, 0.25) is 5.95 Å². The number of hydrogen-bond donors (Lipinski definition) is 1. The summed E-state index contributed by atoms with van der Waals surface area (Å²) in [6, 6.07) is 2.95. The van der Waals surface area contributed by atoms with Gasteiger partial charge in [0, 0.05) is 30.5 Å². The summed E-state index contributed by atoms with van der Waals surface area (Å²) in [7, 11) is 0. The maximum absolute atomic E-state index is 4.52. The highest BCUT2D eigenvalue weighted by Crippen LogP contribution is 2.15. The van der Waals surface area contributed by atoms with Crippen molar-refractivity contribution in [3.05, 3.63) is 18.0 Å². The Morgan fingerprint density at radius 2 is 2.35 bits per heavy atom. The highest BCUT2D eigenvalue weighted by Gasteiger charge is 2.21. The minimum absolute atomic E-state index is 0.430. The largest absolute Gasteiger partial charge is 0.337 e. The molecule has 1 aliphatic heterocycles. The third kappa shape index (κ3) is 3.16. The van der Waals surface area contributed by atoms with E-state index in [9.17, 15) is 0 Å². The van der Waals surface area contributed by atoms with Crippen molar-refractivity contribution in [2.75, 3.05) is 18.0 Å². The summed E-state index contributed by atoms with van der Waals surface area (Å²) in [5, 5.41) is 3.53. The summed E-state index contributed by atoms with van der Waals surface area (Å²) >= 11 is 0. The molecule has 0 saturated carbocycles. The molecule has 1 fully saturated rings. The normalized spacial score (nSPS) is 19.9. The number of aryl methyl sites for hydroxylation is 1. The van der Waals surface area contributed by atoms with E-state index < -0.39 is 0 Å². The van der Waals surface area contributed by atoms with Gasteiger partial charge in [0.1, 0.15) is 0 Å². The van der Waals surface area contributed by atoms with Crippen molar-refractivity contribution in [3.8, 4) is 0 Å². The lowest BCUT2D eigenvalue weighted by atomic mass is 10.2. The molecule has 0 aliphatic carbocycles. The van der Waals surface area contributed by atoms with Gasteiger partial charge in [-0.2, -0.15) is 0 Å². The van der Waals surface area contributed by atoms with E-state index in [0.717, 1.165) is 24.7 Å². The van der Waals surface area contributed by atoms with E-state index in [1.807, 2.05) is 19.2 Å². The Morgan fingerprint density at radius 3 is 2.94 bits per heavy atom. The van der Waals surface area contributed by atoms with E-state index in [1.54, 1.807) is 0 Å². The second-order valence-corrected chi connectivity index (χ2v) is 5.04. The predicted octanol–water partition coefficient (Wildman–Crippen LogP) is 1.75. The second kappa shape index (κ2) is 5.45. The molecule has 2 heterocycles. The molecule has 1 aromatic rings. The summed E-state index contributed by atoms with van der Waals surface area (Å²) in [5.41, 5.74) is 1.03. The van der Waals surface area contributed by atoms with Gasteiger partial charge in [0.15, 0.2) is 0 Å². The highest BCUT2D eigenvalue weighted by molar-refractivity contribution is 5.31. The summed E-state index contributed by atoms with van der Waals surface area (Å²) < 4.78 is 0. The van der Waals surface area contributed by atoms with Gasteiger partial charge >= 0.3 is 0 Å². The fraction of sp³-hybridized carbons (Fsp3) is 0.692. The number of nitrogens with one attached hydrogen (secondary N) is 1. The topological polar surface area (TPSA) is 41.1 Å². The van der Waals surface area contributed by atoms with Crippen LogP contribution in [-0.2, 0) is 0 Å². The first-order valence-corrected chi connectivity index (χ1v) is 6.46. The van der Waals surface area contributed by atoms with Crippen LogP contribution in [0.3, 0.4) is 0 Å². The molecule has 4 nitrogen and oxygen atoms in total. The molecule has 1 saturated heterocycles. The molecule has 1 unspecified atom stereocenters. The van der Waals surface area contributed by atoms with Crippen molar-refractivity contribution in [2.24, 2.45) is 0 Å². The minimum atomic E-state index is 0.430. The highest BCUT2D eigenvalue weighted by atomic mass is 15.3. The zero-order chi connectivity index (χ0) is 12.3. The molecule has 1 aromatic heterocycles. The molecule has 1 aliphatic rings. The Kier molecular flexibility index (Phi) is 3.94. The lowest BCUT2D eigenvalue weighted by Gasteiger charge is -2.29. The van der Waals surface area contributed by atoms with Crippen LogP contribution in [0.1, 0.15) is 32.4 Å². The summed E-state index contributed by atoms with van der Waals surface area (Å²) in [6.45, 7) is 8.55. The fourth-order valence-corrected chi connectivity index (χ4v) is 2.25. The van der Waals surface area contributed by atoms with Gasteiger partial charge in [-0.3, -0.25) is 0 Å². The van der Waals surface area contributed by atoms with Crippen molar-refractivity contribution < 1.29 is 0 Å². The molecular weight excluding hydrogens is 212 g/mol. The van der Waals surface area contributed by atoms with E-state index in [2.05, 4.69) is 34.0 Å². The molecule has 0 radical (unpaired) electrons. The Hall–Kier alpha value is -1.16. The third-order valence-electron chi connectivity index (χ3n) is 3.24. The number of rotatable bonds is 4. The summed E-state index contributed by atoms with van der Waals surface area (Å²) in [5.74, 6) is 0.855. The van der Waals surface area contributed by atoms with Crippen LogP contribution >= 0.6 is 0 Å². The SMILES string of the molecule is Cc1ccnc(N(CC2CCCN2)C(C)C)n1. The van der Waals surface area contributed by atoms with E-state index in [0.29, 0.717) is 12.1 Å². The van der Waals surface area contributed by atoms with Crippen LogP contribution in [0.2, 0.25) is 0 Å². The number of anilines is 1. The fourth-order valence-electron chi connectivity index (χ4n) is 2.25.